The third-order valence-electron chi connectivity index (χ3n) is 3.60. The summed E-state index contributed by atoms with van der Waals surface area (Å²) in [7, 11) is 0. The summed E-state index contributed by atoms with van der Waals surface area (Å²) in [5.41, 5.74) is 2.04. The average molecular weight is 383 g/mol. The Hall–Kier alpha value is -0.850. The summed E-state index contributed by atoms with van der Waals surface area (Å²) in [5, 5.41) is 0.805. The zero-order valence-electron chi connectivity index (χ0n) is 11.5. The van der Waals surface area contributed by atoms with Gasteiger partial charge in [-0.3, -0.25) is 9.69 Å². The van der Waals surface area contributed by atoms with Gasteiger partial charge in [-0.2, -0.15) is 12.6 Å². The number of carbonyl (C=O) groups is 1. The van der Waals surface area contributed by atoms with E-state index < -0.39 is 0 Å². The van der Waals surface area contributed by atoms with Gasteiger partial charge in [0.2, 0.25) is 5.91 Å². The lowest BCUT2D eigenvalue weighted by molar-refractivity contribution is -0.117. The van der Waals surface area contributed by atoms with E-state index in [1.165, 1.54) is 0 Å². The van der Waals surface area contributed by atoms with Crippen molar-refractivity contribution in [3.05, 3.63) is 33.6 Å². The van der Waals surface area contributed by atoms with E-state index in [0.29, 0.717) is 12.3 Å². The van der Waals surface area contributed by atoms with Gasteiger partial charge < -0.3 is 0 Å². The lowest BCUT2D eigenvalue weighted by Gasteiger charge is -2.11. The summed E-state index contributed by atoms with van der Waals surface area (Å²) < 4.78 is 1.05. The van der Waals surface area contributed by atoms with Crippen LogP contribution in [0.4, 0.5) is 5.13 Å². The van der Waals surface area contributed by atoms with E-state index in [1.54, 1.807) is 16.2 Å². The Balaban J connectivity index is 1.91. The summed E-state index contributed by atoms with van der Waals surface area (Å²) >= 11 is 9.33. The van der Waals surface area contributed by atoms with Crippen LogP contribution in [0.3, 0.4) is 0 Å². The maximum absolute atomic E-state index is 12.1. The minimum Gasteiger partial charge on any atom is -0.288 e. The lowest BCUT2D eigenvalue weighted by atomic mass is 10.1. The van der Waals surface area contributed by atoms with E-state index in [1.807, 2.05) is 24.3 Å². The highest BCUT2D eigenvalue weighted by atomic mass is 79.9. The summed E-state index contributed by atoms with van der Waals surface area (Å²) in [5.74, 6) is 1.23. The lowest BCUT2D eigenvalue weighted by Crippen LogP contribution is -2.24. The summed E-state index contributed by atoms with van der Waals surface area (Å²) in [6, 6.07) is 8.09. The molecule has 1 amide bonds. The highest BCUT2D eigenvalue weighted by Gasteiger charge is 2.31. The Morgan fingerprint density at radius 3 is 2.76 bits per heavy atom. The van der Waals surface area contributed by atoms with Gasteiger partial charge in [-0.05, 0) is 30.7 Å². The highest BCUT2D eigenvalue weighted by molar-refractivity contribution is 9.10. The van der Waals surface area contributed by atoms with E-state index in [9.17, 15) is 4.79 Å². The molecule has 6 heteroatoms. The number of thiazole rings is 1. The minimum atomic E-state index is 0.158. The third-order valence-corrected chi connectivity index (χ3v) is 5.64. The van der Waals surface area contributed by atoms with E-state index >= 15 is 0 Å². The number of hydrogen-bond donors (Lipinski definition) is 1. The van der Waals surface area contributed by atoms with Crippen LogP contribution in [0, 0.1) is 12.8 Å². The summed E-state index contributed by atoms with van der Waals surface area (Å²) in [6.07, 6.45) is 0.579. The van der Waals surface area contributed by atoms with E-state index in [4.69, 9.17) is 4.98 Å². The zero-order chi connectivity index (χ0) is 15.0. The fraction of sp³-hybridized carbons (Fsp3) is 0.333. The molecule has 1 saturated heterocycles. The number of thiol groups is 1. The number of benzene rings is 1. The molecule has 0 bridgehead atoms. The van der Waals surface area contributed by atoms with Gasteiger partial charge in [0.25, 0.3) is 0 Å². The Morgan fingerprint density at radius 1 is 1.43 bits per heavy atom. The molecule has 1 unspecified atom stereocenters. The van der Waals surface area contributed by atoms with Crippen molar-refractivity contribution in [2.75, 3.05) is 17.2 Å². The fourth-order valence-corrected chi connectivity index (χ4v) is 3.93. The molecule has 1 aromatic carbocycles. The van der Waals surface area contributed by atoms with Crippen LogP contribution >= 0.6 is 39.9 Å². The van der Waals surface area contributed by atoms with Crippen molar-refractivity contribution in [1.82, 2.24) is 4.98 Å². The van der Waals surface area contributed by atoms with Gasteiger partial charge in [0.1, 0.15) is 0 Å². The normalized spacial score (nSPS) is 18.5. The van der Waals surface area contributed by atoms with Gasteiger partial charge in [0, 0.05) is 27.9 Å². The molecule has 0 radical (unpaired) electrons. The number of anilines is 1. The second-order valence-corrected chi connectivity index (χ2v) is 7.63. The molecule has 21 heavy (non-hydrogen) atoms. The van der Waals surface area contributed by atoms with Crippen molar-refractivity contribution in [2.24, 2.45) is 5.92 Å². The van der Waals surface area contributed by atoms with Crippen molar-refractivity contribution in [3.8, 4) is 11.3 Å². The third kappa shape index (κ3) is 3.03. The predicted molar refractivity (Wildman–Crippen MR) is 94.3 cm³/mol. The molecule has 1 aliphatic rings. The fourth-order valence-electron chi connectivity index (χ4n) is 2.46. The Kier molecular flexibility index (Phi) is 4.38. The van der Waals surface area contributed by atoms with Crippen LogP contribution in [0.2, 0.25) is 0 Å². The van der Waals surface area contributed by atoms with Gasteiger partial charge in [-0.15, -0.1) is 11.3 Å². The number of aryl methyl sites for hydroxylation is 1. The molecular formula is C15H15BrN2OS2. The van der Waals surface area contributed by atoms with Gasteiger partial charge in [0.15, 0.2) is 5.13 Å². The first-order chi connectivity index (χ1) is 10.1. The predicted octanol–water partition coefficient (Wildman–Crippen LogP) is 4.16. The number of hydrogen-bond acceptors (Lipinski definition) is 4. The number of aromatic nitrogens is 1. The van der Waals surface area contributed by atoms with Crippen molar-refractivity contribution < 1.29 is 4.79 Å². The first kappa shape index (κ1) is 15.1. The number of halogens is 1. The summed E-state index contributed by atoms with van der Waals surface area (Å²) in [4.78, 5) is 19.7. The van der Waals surface area contributed by atoms with Crippen LogP contribution in [0.5, 0.6) is 0 Å². The monoisotopic (exact) mass is 382 g/mol. The highest BCUT2D eigenvalue weighted by Crippen LogP contribution is 2.35. The number of amides is 1. The van der Waals surface area contributed by atoms with Crippen LogP contribution in [-0.4, -0.2) is 23.2 Å². The maximum atomic E-state index is 12.1. The molecule has 110 valence electrons. The standard InChI is InChI=1S/C15H15BrN2OS2/c1-9-14(11-2-4-12(16)5-3-11)17-15(21-9)18-7-10(8-20)6-13(18)19/h2-5,10,20H,6-8H2,1H3. The molecule has 2 aromatic rings. The Morgan fingerprint density at radius 2 is 2.14 bits per heavy atom. The molecule has 0 saturated carbocycles. The van der Waals surface area contributed by atoms with Gasteiger partial charge in [-0.1, -0.05) is 28.1 Å². The molecule has 1 aromatic heterocycles. The van der Waals surface area contributed by atoms with Crippen molar-refractivity contribution in [3.63, 3.8) is 0 Å². The Bertz CT molecular complexity index is 669. The van der Waals surface area contributed by atoms with Crippen molar-refractivity contribution in [2.45, 2.75) is 13.3 Å². The van der Waals surface area contributed by atoms with Gasteiger partial charge in [0.05, 0.1) is 5.69 Å². The Labute approximate surface area is 141 Å². The first-order valence-electron chi connectivity index (χ1n) is 6.73. The van der Waals surface area contributed by atoms with Crippen LogP contribution in [0.25, 0.3) is 11.3 Å². The molecular weight excluding hydrogens is 368 g/mol. The zero-order valence-corrected chi connectivity index (χ0v) is 14.8. The minimum absolute atomic E-state index is 0.158. The van der Waals surface area contributed by atoms with Gasteiger partial charge >= 0.3 is 0 Å². The molecule has 0 N–H and O–H groups in total. The molecule has 1 aliphatic heterocycles. The molecule has 1 fully saturated rings. The number of rotatable bonds is 3. The quantitative estimate of drug-likeness (QED) is 0.808. The number of nitrogens with zero attached hydrogens (tertiary/aromatic N) is 2. The molecule has 3 rings (SSSR count). The second kappa shape index (κ2) is 6.10. The second-order valence-electron chi connectivity index (χ2n) is 5.17. The number of carbonyl (C=O) groups excluding carboxylic acids is 1. The van der Waals surface area contributed by atoms with E-state index in [-0.39, 0.29) is 5.91 Å². The van der Waals surface area contributed by atoms with Crippen LogP contribution in [0.1, 0.15) is 11.3 Å². The molecule has 0 aliphatic carbocycles. The molecule has 0 spiro atoms. The molecule has 2 heterocycles. The average Bonchev–Trinajstić information content (AvgIpc) is 3.03. The van der Waals surface area contributed by atoms with Crippen molar-refractivity contribution in [1.29, 1.82) is 0 Å². The first-order valence-corrected chi connectivity index (χ1v) is 8.97. The molecule has 1 atom stereocenters. The maximum Gasteiger partial charge on any atom is 0.229 e. The van der Waals surface area contributed by atoms with Crippen LogP contribution in [-0.2, 0) is 4.79 Å². The molecule has 3 nitrogen and oxygen atoms in total. The largest absolute Gasteiger partial charge is 0.288 e. The smallest absolute Gasteiger partial charge is 0.229 e. The van der Waals surface area contributed by atoms with Gasteiger partial charge in [-0.25, -0.2) is 4.98 Å². The van der Waals surface area contributed by atoms with Crippen molar-refractivity contribution >= 4 is 50.9 Å². The SMILES string of the molecule is Cc1sc(N2CC(CS)CC2=O)nc1-c1ccc(Br)cc1. The van der Waals surface area contributed by atoms with Crippen LogP contribution < -0.4 is 4.90 Å². The summed E-state index contributed by atoms with van der Waals surface area (Å²) in [6.45, 7) is 2.78. The van der Waals surface area contributed by atoms with Crippen LogP contribution in [0.15, 0.2) is 28.7 Å². The van der Waals surface area contributed by atoms with E-state index in [2.05, 4.69) is 35.5 Å². The topological polar surface area (TPSA) is 33.2 Å². The van der Waals surface area contributed by atoms with E-state index in [0.717, 1.165) is 38.0 Å².